The van der Waals surface area contributed by atoms with Gasteiger partial charge in [0.05, 0.1) is 26.4 Å². The van der Waals surface area contributed by atoms with Crippen LogP contribution >= 0.6 is 15.6 Å². The zero-order valence-electron chi connectivity index (χ0n) is 65.9. The average molecular weight is 1510 g/mol. The maximum atomic E-state index is 13.1. The summed E-state index contributed by atoms with van der Waals surface area (Å²) in [6.45, 7) is 4.79. The summed E-state index contributed by atoms with van der Waals surface area (Å²) >= 11 is 0. The van der Waals surface area contributed by atoms with Crippen LogP contribution in [0, 0.1) is 0 Å². The number of hydrogen-bond donors (Lipinski definition) is 3. The van der Waals surface area contributed by atoms with Crippen molar-refractivity contribution in [2.45, 2.75) is 380 Å². The quantitative estimate of drug-likeness (QED) is 0.0169. The number of phosphoric ester groups is 2. The number of phosphoric acid groups is 2. The van der Waals surface area contributed by atoms with Crippen LogP contribution in [0.2, 0.25) is 0 Å². The summed E-state index contributed by atoms with van der Waals surface area (Å²) in [5.74, 6) is -2.20. The van der Waals surface area contributed by atoms with Crippen molar-refractivity contribution in [3.05, 3.63) is 97.2 Å². The van der Waals surface area contributed by atoms with Gasteiger partial charge in [0.2, 0.25) is 0 Å². The van der Waals surface area contributed by atoms with Gasteiger partial charge in [-0.3, -0.25) is 37.3 Å². The van der Waals surface area contributed by atoms with Crippen molar-refractivity contribution in [2.24, 2.45) is 0 Å². The van der Waals surface area contributed by atoms with Gasteiger partial charge in [-0.1, -0.05) is 279 Å². The third-order valence-corrected chi connectivity index (χ3v) is 19.4. The fourth-order valence-electron chi connectivity index (χ4n) is 11.1. The molecule has 0 radical (unpaired) electrons. The number of aliphatic hydroxyl groups is 1. The number of allylic oxidation sites excluding steroid dienone is 16. The molecule has 0 fully saturated rings. The second kappa shape index (κ2) is 77.1. The number of ether oxygens (including phenoxy) is 4. The highest BCUT2D eigenvalue weighted by Crippen LogP contribution is 2.45. The van der Waals surface area contributed by atoms with Gasteiger partial charge in [0.25, 0.3) is 0 Å². The molecule has 0 heterocycles. The number of rotatable bonds is 78. The SMILES string of the molecule is CCCCC/C=C\C/C=C\C/C=C\CCCCCCCCC(=O)OCC(COP(=O)(O)OCC(O)COP(=O)(O)OCC(COC(=O)CCCCCCC/C=C\CCCCCC)OC(=O)CCCCCCC/C=C\CCCCCC)OC(=O)CCCCCCCC/C=C\C/C=C\C/C=C\CCCCC. The molecule has 0 saturated carbocycles. The molecule has 0 saturated heterocycles. The van der Waals surface area contributed by atoms with Crippen LogP contribution in [-0.4, -0.2) is 96.7 Å². The van der Waals surface area contributed by atoms with Crippen molar-refractivity contribution < 1.29 is 80.2 Å². The standard InChI is InChI=1S/C85H150O17P2/c1-5-9-13-17-21-25-29-33-35-37-39-41-43-47-50-54-58-62-66-70-83(88)96-76-81(102-85(90)72-68-64-60-56-52-48-44-42-40-38-36-34-30-26-22-18-14-10-6-2)78-100-104(93,94)98-74-79(86)73-97-103(91,92)99-77-80(101-84(89)71-67-63-59-55-51-46-32-28-24-20-16-12-8-4)75-95-82(87)69-65-61-57-53-49-45-31-27-23-19-15-11-7-3/h21-22,25-28,31-36,39-42,79-81,86H,5-20,23-24,29-30,37-38,43-78H2,1-4H3,(H,91,92)(H,93,94)/b25-21-,26-22-,31-27-,32-28-,35-33-,36-34-,41-39-,42-40-. The maximum absolute atomic E-state index is 13.1. The Labute approximate surface area is 633 Å². The minimum absolute atomic E-state index is 0.0772. The molecule has 0 aliphatic carbocycles. The topological polar surface area (TPSA) is 237 Å². The van der Waals surface area contributed by atoms with Gasteiger partial charge in [0.15, 0.2) is 12.2 Å². The van der Waals surface area contributed by atoms with E-state index >= 15 is 0 Å². The van der Waals surface area contributed by atoms with E-state index in [2.05, 4.69) is 125 Å². The number of unbranched alkanes of at least 4 members (excludes halogenated alkanes) is 36. The third kappa shape index (κ3) is 76.2. The number of carbonyl (C=O) groups excluding carboxylic acids is 4. The van der Waals surface area contributed by atoms with Crippen molar-refractivity contribution in [1.29, 1.82) is 0 Å². The second-order valence-electron chi connectivity index (χ2n) is 27.7. The number of carbonyl (C=O) groups is 4. The Bertz CT molecular complexity index is 2350. The molecule has 0 aromatic heterocycles. The van der Waals surface area contributed by atoms with E-state index in [-0.39, 0.29) is 25.7 Å². The van der Waals surface area contributed by atoms with Crippen LogP contribution in [0.4, 0.5) is 0 Å². The van der Waals surface area contributed by atoms with E-state index in [9.17, 15) is 43.2 Å². The molecule has 0 bridgehead atoms. The number of esters is 4. The number of hydrogen-bond acceptors (Lipinski definition) is 15. The molecule has 0 amide bonds. The van der Waals surface area contributed by atoms with E-state index < -0.39 is 97.5 Å². The van der Waals surface area contributed by atoms with Gasteiger partial charge in [-0.2, -0.15) is 0 Å². The highest BCUT2D eigenvalue weighted by Gasteiger charge is 2.30. The van der Waals surface area contributed by atoms with Gasteiger partial charge < -0.3 is 33.8 Å². The van der Waals surface area contributed by atoms with E-state index in [0.29, 0.717) is 25.7 Å². The fraction of sp³-hybridized carbons (Fsp3) is 0.765. The Morgan fingerprint density at radius 1 is 0.269 bits per heavy atom. The molecule has 0 aliphatic heterocycles. The van der Waals surface area contributed by atoms with Crippen molar-refractivity contribution in [1.82, 2.24) is 0 Å². The summed E-state index contributed by atoms with van der Waals surface area (Å²) in [5, 5.41) is 10.6. The largest absolute Gasteiger partial charge is 0.472 e. The monoisotopic (exact) mass is 1510 g/mol. The van der Waals surface area contributed by atoms with Crippen molar-refractivity contribution in [2.75, 3.05) is 39.6 Å². The fourth-order valence-corrected chi connectivity index (χ4v) is 12.7. The van der Waals surface area contributed by atoms with Gasteiger partial charge in [-0.25, -0.2) is 9.13 Å². The van der Waals surface area contributed by atoms with Crippen LogP contribution in [0.3, 0.4) is 0 Å². The lowest BCUT2D eigenvalue weighted by atomic mass is 10.1. The molecule has 0 aliphatic rings. The van der Waals surface area contributed by atoms with Crippen LogP contribution < -0.4 is 0 Å². The normalized spacial score (nSPS) is 14.3. The summed E-state index contributed by atoms with van der Waals surface area (Å²) in [6, 6.07) is 0. The van der Waals surface area contributed by atoms with Crippen LogP contribution in [0.15, 0.2) is 97.2 Å². The first-order valence-corrected chi connectivity index (χ1v) is 44.5. The molecular weight excluding hydrogens is 1350 g/mol. The minimum Gasteiger partial charge on any atom is -0.462 e. The summed E-state index contributed by atoms with van der Waals surface area (Å²) in [5.41, 5.74) is 0. The van der Waals surface area contributed by atoms with Crippen molar-refractivity contribution in [3.8, 4) is 0 Å². The van der Waals surface area contributed by atoms with Gasteiger partial charge in [-0.15, -0.1) is 0 Å². The van der Waals surface area contributed by atoms with Crippen LogP contribution in [0.1, 0.15) is 362 Å². The van der Waals surface area contributed by atoms with Crippen molar-refractivity contribution in [3.63, 3.8) is 0 Å². The Morgan fingerprint density at radius 3 is 0.750 bits per heavy atom. The molecule has 5 atom stereocenters. The van der Waals surface area contributed by atoms with Gasteiger partial charge in [0.1, 0.15) is 19.3 Å². The molecule has 0 aromatic carbocycles. The molecule has 104 heavy (non-hydrogen) atoms. The Kier molecular flexibility index (Phi) is 74.2. The number of aliphatic hydroxyl groups excluding tert-OH is 1. The zero-order valence-corrected chi connectivity index (χ0v) is 67.7. The van der Waals surface area contributed by atoms with Gasteiger partial charge in [-0.05, 0) is 154 Å². The average Bonchev–Trinajstić information content (AvgIpc) is 0.906. The lowest BCUT2D eigenvalue weighted by molar-refractivity contribution is -0.161. The van der Waals surface area contributed by atoms with Crippen LogP contribution in [0.25, 0.3) is 0 Å². The first-order chi connectivity index (χ1) is 50.7. The highest BCUT2D eigenvalue weighted by atomic mass is 31.2. The molecule has 19 heteroatoms. The van der Waals surface area contributed by atoms with Crippen molar-refractivity contribution >= 4 is 39.5 Å². The zero-order chi connectivity index (χ0) is 76.0. The molecular formula is C85H150O17P2. The Balaban J connectivity index is 5.37. The smallest absolute Gasteiger partial charge is 0.462 e. The molecule has 17 nitrogen and oxygen atoms in total. The van der Waals surface area contributed by atoms with E-state index in [1.54, 1.807) is 0 Å². The third-order valence-electron chi connectivity index (χ3n) is 17.5. The lowest BCUT2D eigenvalue weighted by Crippen LogP contribution is -2.30. The molecule has 602 valence electrons. The Morgan fingerprint density at radius 2 is 0.471 bits per heavy atom. The second-order valence-corrected chi connectivity index (χ2v) is 30.6. The molecule has 0 spiro atoms. The van der Waals surface area contributed by atoms with E-state index in [4.69, 9.17) is 37.0 Å². The summed E-state index contributed by atoms with van der Waals surface area (Å²) in [7, 11) is -9.96. The first-order valence-electron chi connectivity index (χ1n) is 41.5. The van der Waals surface area contributed by atoms with Gasteiger partial charge >= 0.3 is 39.5 Å². The van der Waals surface area contributed by atoms with Gasteiger partial charge in [0, 0.05) is 25.7 Å². The Hall–Kier alpha value is -4.02. The predicted molar refractivity (Wildman–Crippen MR) is 427 cm³/mol. The summed E-state index contributed by atoms with van der Waals surface area (Å²) in [6.07, 6.45) is 82.3. The van der Waals surface area contributed by atoms with E-state index in [1.165, 1.54) is 89.9 Å². The summed E-state index contributed by atoms with van der Waals surface area (Å²) in [4.78, 5) is 73.1. The highest BCUT2D eigenvalue weighted by molar-refractivity contribution is 7.47. The predicted octanol–water partition coefficient (Wildman–Crippen LogP) is 24.3. The van der Waals surface area contributed by atoms with E-state index in [1.807, 2.05) is 0 Å². The molecule has 3 N–H and O–H groups in total. The molecule has 0 rings (SSSR count). The molecule has 0 aromatic rings. The summed E-state index contributed by atoms with van der Waals surface area (Å²) < 4.78 is 68.7. The first kappa shape index (κ1) is 100.0. The van der Waals surface area contributed by atoms with Crippen LogP contribution in [0.5, 0.6) is 0 Å². The lowest BCUT2D eigenvalue weighted by Gasteiger charge is -2.21. The van der Waals surface area contributed by atoms with E-state index in [0.717, 1.165) is 193 Å². The minimum atomic E-state index is -4.99. The maximum Gasteiger partial charge on any atom is 0.472 e. The van der Waals surface area contributed by atoms with Crippen LogP contribution in [-0.2, 0) is 65.4 Å². The molecule has 5 unspecified atom stereocenters.